The van der Waals surface area contributed by atoms with Gasteiger partial charge in [0, 0.05) is 6.54 Å². The number of para-hydroxylation sites is 1. The average Bonchev–Trinajstić information content (AvgIpc) is 2.34. The van der Waals surface area contributed by atoms with Crippen LogP contribution in [0.3, 0.4) is 0 Å². The fourth-order valence-corrected chi connectivity index (χ4v) is 1.40. The monoisotopic (exact) mass is 221 g/mol. The van der Waals surface area contributed by atoms with E-state index in [4.69, 9.17) is 4.74 Å². The SMILES string of the molecule is CCCNC(=O)COc1ccccc1CC. The molecule has 0 atom stereocenters. The third kappa shape index (κ3) is 3.93. The Bertz CT molecular complexity index is 336. The van der Waals surface area contributed by atoms with E-state index in [2.05, 4.69) is 12.2 Å². The fraction of sp³-hybridized carbons (Fsp3) is 0.462. The molecule has 3 nitrogen and oxygen atoms in total. The molecule has 1 rings (SSSR count). The summed E-state index contributed by atoms with van der Waals surface area (Å²) in [7, 11) is 0. The normalized spacial score (nSPS) is 9.88. The first-order valence-corrected chi connectivity index (χ1v) is 5.75. The van der Waals surface area contributed by atoms with E-state index in [-0.39, 0.29) is 12.5 Å². The number of nitrogens with one attached hydrogen (secondary N) is 1. The van der Waals surface area contributed by atoms with Crippen molar-refractivity contribution >= 4 is 5.91 Å². The zero-order valence-electron chi connectivity index (χ0n) is 9.95. The van der Waals surface area contributed by atoms with Crippen LogP contribution in [0.5, 0.6) is 5.75 Å². The number of hydrogen-bond acceptors (Lipinski definition) is 2. The third-order valence-corrected chi connectivity index (χ3v) is 2.28. The molecule has 1 amide bonds. The second kappa shape index (κ2) is 6.88. The molecule has 1 aromatic carbocycles. The third-order valence-electron chi connectivity index (χ3n) is 2.28. The van der Waals surface area contributed by atoms with Gasteiger partial charge in [0.15, 0.2) is 6.61 Å². The van der Waals surface area contributed by atoms with Gasteiger partial charge in [-0.05, 0) is 24.5 Å². The first-order valence-electron chi connectivity index (χ1n) is 5.75. The topological polar surface area (TPSA) is 38.3 Å². The lowest BCUT2D eigenvalue weighted by Crippen LogP contribution is -2.29. The highest BCUT2D eigenvalue weighted by Gasteiger charge is 2.04. The van der Waals surface area contributed by atoms with E-state index in [9.17, 15) is 4.79 Å². The maximum atomic E-state index is 11.3. The molecule has 0 aliphatic rings. The minimum atomic E-state index is -0.0623. The number of amides is 1. The molecule has 0 aromatic heterocycles. The van der Waals surface area contributed by atoms with Crippen molar-refractivity contribution in [2.45, 2.75) is 26.7 Å². The Balaban J connectivity index is 2.44. The molecule has 0 saturated carbocycles. The summed E-state index contributed by atoms with van der Waals surface area (Å²) in [5.74, 6) is 0.740. The van der Waals surface area contributed by atoms with Crippen molar-refractivity contribution < 1.29 is 9.53 Å². The smallest absolute Gasteiger partial charge is 0.257 e. The minimum Gasteiger partial charge on any atom is -0.483 e. The van der Waals surface area contributed by atoms with Crippen molar-refractivity contribution in [2.24, 2.45) is 0 Å². The van der Waals surface area contributed by atoms with Gasteiger partial charge in [0.25, 0.3) is 5.91 Å². The molecule has 1 aromatic rings. The Morgan fingerprint density at radius 1 is 1.31 bits per heavy atom. The van der Waals surface area contributed by atoms with Crippen molar-refractivity contribution in [3.05, 3.63) is 29.8 Å². The van der Waals surface area contributed by atoms with Gasteiger partial charge in [-0.15, -0.1) is 0 Å². The zero-order valence-corrected chi connectivity index (χ0v) is 9.95. The molecule has 0 saturated heterocycles. The molecular formula is C13H19NO2. The highest BCUT2D eigenvalue weighted by molar-refractivity contribution is 5.77. The number of benzene rings is 1. The van der Waals surface area contributed by atoms with Crippen LogP contribution in [0.25, 0.3) is 0 Å². The lowest BCUT2D eigenvalue weighted by Gasteiger charge is -2.09. The largest absolute Gasteiger partial charge is 0.483 e. The number of ether oxygens (including phenoxy) is 1. The van der Waals surface area contributed by atoms with Crippen molar-refractivity contribution in [1.82, 2.24) is 5.32 Å². The predicted octanol–water partition coefficient (Wildman–Crippen LogP) is 2.15. The first kappa shape index (κ1) is 12.6. The maximum absolute atomic E-state index is 11.3. The number of aryl methyl sites for hydroxylation is 1. The van der Waals surface area contributed by atoms with Crippen LogP contribution in [0.4, 0.5) is 0 Å². The van der Waals surface area contributed by atoms with Crippen LogP contribution in [0.15, 0.2) is 24.3 Å². The van der Waals surface area contributed by atoms with Crippen LogP contribution in [0, 0.1) is 0 Å². The van der Waals surface area contributed by atoms with Crippen LogP contribution in [-0.4, -0.2) is 19.1 Å². The van der Waals surface area contributed by atoms with Crippen molar-refractivity contribution in [3.63, 3.8) is 0 Å². The quantitative estimate of drug-likeness (QED) is 0.799. The molecule has 0 fully saturated rings. The van der Waals surface area contributed by atoms with Crippen molar-refractivity contribution in [3.8, 4) is 5.75 Å². The van der Waals surface area contributed by atoms with Gasteiger partial charge in [0.2, 0.25) is 0 Å². The Morgan fingerprint density at radius 3 is 2.75 bits per heavy atom. The van der Waals surface area contributed by atoms with E-state index in [1.165, 1.54) is 0 Å². The first-order chi connectivity index (χ1) is 7.77. The summed E-state index contributed by atoms with van der Waals surface area (Å²) in [6.45, 7) is 4.89. The van der Waals surface area contributed by atoms with E-state index < -0.39 is 0 Å². The van der Waals surface area contributed by atoms with Crippen LogP contribution in [0.1, 0.15) is 25.8 Å². The van der Waals surface area contributed by atoms with Crippen LogP contribution in [-0.2, 0) is 11.2 Å². The average molecular weight is 221 g/mol. The van der Waals surface area contributed by atoms with Gasteiger partial charge < -0.3 is 10.1 Å². The van der Waals surface area contributed by atoms with Gasteiger partial charge in [0.05, 0.1) is 0 Å². The number of carbonyl (C=O) groups excluding carboxylic acids is 1. The van der Waals surface area contributed by atoms with E-state index in [1.54, 1.807) is 0 Å². The molecule has 0 bridgehead atoms. The molecular weight excluding hydrogens is 202 g/mol. The van der Waals surface area contributed by atoms with Crippen LogP contribution in [0.2, 0.25) is 0 Å². The van der Waals surface area contributed by atoms with E-state index in [0.29, 0.717) is 6.54 Å². The second-order valence-corrected chi connectivity index (χ2v) is 3.60. The van der Waals surface area contributed by atoms with Gasteiger partial charge >= 0.3 is 0 Å². The number of rotatable bonds is 6. The van der Waals surface area contributed by atoms with E-state index in [0.717, 1.165) is 24.2 Å². The molecule has 1 N–H and O–H groups in total. The predicted molar refractivity (Wildman–Crippen MR) is 64.6 cm³/mol. The number of carbonyl (C=O) groups is 1. The summed E-state index contributed by atoms with van der Waals surface area (Å²) in [6, 6.07) is 7.80. The van der Waals surface area contributed by atoms with Crippen LogP contribution < -0.4 is 10.1 Å². The van der Waals surface area contributed by atoms with Gasteiger partial charge in [-0.2, -0.15) is 0 Å². The lowest BCUT2D eigenvalue weighted by atomic mass is 10.1. The molecule has 0 spiro atoms. The zero-order chi connectivity index (χ0) is 11.8. The van der Waals surface area contributed by atoms with E-state index >= 15 is 0 Å². The molecule has 0 heterocycles. The standard InChI is InChI=1S/C13H19NO2/c1-3-9-14-13(15)10-16-12-8-6-5-7-11(12)4-2/h5-8H,3-4,9-10H2,1-2H3,(H,14,15). The van der Waals surface area contributed by atoms with E-state index in [1.807, 2.05) is 31.2 Å². The molecule has 0 unspecified atom stereocenters. The van der Waals surface area contributed by atoms with Crippen LogP contribution >= 0.6 is 0 Å². The molecule has 0 aliphatic heterocycles. The summed E-state index contributed by atoms with van der Waals surface area (Å²) in [4.78, 5) is 11.3. The Labute approximate surface area is 96.8 Å². The molecule has 3 heteroatoms. The number of hydrogen-bond donors (Lipinski definition) is 1. The summed E-state index contributed by atoms with van der Waals surface area (Å²) >= 11 is 0. The molecule has 88 valence electrons. The highest BCUT2D eigenvalue weighted by Crippen LogP contribution is 2.17. The molecule has 16 heavy (non-hydrogen) atoms. The molecule has 0 aliphatic carbocycles. The van der Waals surface area contributed by atoms with Gasteiger partial charge in [-0.1, -0.05) is 32.0 Å². The van der Waals surface area contributed by atoms with Crippen molar-refractivity contribution in [2.75, 3.05) is 13.2 Å². The second-order valence-electron chi connectivity index (χ2n) is 3.60. The summed E-state index contributed by atoms with van der Waals surface area (Å²) in [5.41, 5.74) is 1.13. The highest BCUT2D eigenvalue weighted by atomic mass is 16.5. The minimum absolute atomic E-state index is 0.0623. The molecule has 0 radical (unpaired) electrons. The van der Waals surface area contributed by atoms with Gasteiger partial charge in [-0.25, -0.2) is 0 Å². The van der Waals surface area contributed by atoms with Gasteiger partial charge in [-0.3, -0.25) is 4.79 Å². The maximum Gasteiger partial charge on any atom is 0.257 e. The fourth-order valence-electron chi connectivity index (χ4n) is 1.40. The summed E-state index contributed by atoms with van der Waals surface area (Å²) in [6.07, 6.45) is 1.85. The van der Waals surface area contributed by atoms with Gasteiger partial charge in [0.1, 0.15) is 5.75 Å². The summed E-state index contributed by atoms with van der Waals surface area (Å²) in [5, 5.41) is 2.78. The summed E-state index contributed by atoms with van der Waals surface area (Å²) < 4.78 is 5.47. The Morgan fingerprint density at radius 2 is 2.06 bits per heavy atom. The lowest BCUT2D eigenvalue weighted by molar-refractivity contribution is -0.123. The Hall–Kier alpha value is -1.51. The Kier molecular flexibility index (Phi) is 5.40. The van der Waals surface area contributed by atoms with Crippen molar-refractivity contribution in [1.29, 1.82) is 0 Å².